The van der Waals surface area contributed by atoms with Crippen LogP contribution < -0.4 is 0 Å². The molecule has 0 unspecified atom stereocenters. The zero-order valence-corrected chi connectivity index (χ0v) is 26.0. The number of hydrogen-bond donors (Lipinski definition) is 0. The van der Waals surface area contributed by atoms with E-state index in [1.165, 1.54) is 22.3 Å². The van der Waals surface area contributed by atoms with Gasteiger partial charge in [-0.15, -0.1) is 5.10 Å². The van der Waals surface area contributed by atoms with E-state index in [-0.39, 0.29) is 18.4 Å². The molecule has 1 atom stereocenters. The molecule has 7 nitrogen and oxygen atoms in total. The minimum Gasteiger partial charge on any atom is -0.375 e. The van der Waals surface area contributed by atoms with Crippen LogP contribution in [0.2, 0.25) is 5.02 Å². The number of allylic oxidation sites excluding steroid dienone is 5. The first-order valence-electron chi connectivity index (χ1n) is 14.9. The van der Waals surface area contributed by atoms with E-state index in [4.69, 9.17) is 16.3 Å². The van der Waals surface area contributed by atoms with Gasteiger partial charge >= 0.3 is 0 Å². The maximum Gasteiger partial charge on any atom is 0.248 e. The van der Waals surface area contributed by atoms with Crippen molar-refractivity contribution in [1.82, 2.24) is 25.1 Å². The highest BCUT2D eigenvalue weighted by Crippen LogP contribution is 2.34. The number of nitrogens with zero attached hydrogens (tertiary/aromatic N) is 5. The lowest BCUT2D eigenvalue weighted by Crippen LogP contribution is -2.39. The van der Waals surface area contributed by atoms with E-state index in [1.807, 2.05) is 29.2 Å². The number of tetrazole rings is 1. The molecule has 0 spiro atoms. The first-order chi connectivity index (χ1) is 21.5. The fraction of sp³-hybridized carbons (Fsp3) is 0.278. The van der Waals surface area contributed by atoms with Crippen molar-refractivity contribution in [2.45, 2.75) is 38.0 Å². The Labute approximate surface area is 264 Å². The predicted octanol–water partition coefficient (Wildman–Crippen LogP) is 7.21. The standard InChI is InChI=1S/C36H38ClN5O2/c1-4-28(34-23-32(37)15-16-35(34)42-25-38-39-40-42)14-13-26(2)33(21-27-9-6-5-7-10-27)31-12-8-11-30(22-31)29-17-19-41(20-18-29)36(43)24-44-3/h4-16,22-23,25,29,33H,1,17-21,24H2,2-3H3/b26-13+,28-14+/t33-/m1/s1. The van der Waals surface area contributed by atoms with Crippen LogP contribution in [0.5, 0.6) is 0 Å². The molecule has 2 heterocycles. The first kappa shape index (κ1) is 31.1. The molecule has 44 heavy (non-hydrogen) atoms. The average Bonchev–Trinajstić information content (AvgIpc) is 3.60. The van der Waals surface area contributed by atoms with Crippen LogP contribution in [0.3, 0.4) is 0 Å². The number of hydrogen-bond acceptors (Lipinski definition) is 5. The molecular weight excluding hydrogens is 570 g/mol. The smallest absolute Gasteiger partial charge is 0.248 e. The number of rotatable bonds is 11. The summed E-state index contributed by atoms with van der Waals surface area (Å²) >= 11 is 6.42. The topological polar surface area (TPSA) is 73.1 Å². The van der Waals surface area contributed by atoms with Gasteiger partial charge in [-0.2, -0.15) is 4.68 Å². The molecule has 1 amide bonds. The largest absolute Gasteiger partial charge is 0.375 e. The van der Waals surface area contributed by atoms with Gasteiger partial charge in [0.05, 0.1) is 5.69 Å². The summed E-state index contributed by atoms with van der Waals surface area (Å²) in [5.41, 5.74) is 7.75. The highest BCUT2D eigenvalue weighted by molar-refractivity contribution is 6.30. The quantitative estimate of drug-likeness (QED) is 0.168. The Morgan fingerprint density at radius 3 is 2.57 bits per heavy atom. The number of benzene rings is 3. The van der Waals surface area contributed by atoms with Crippen molar-refractivity contribution in [3.8, 4) is 5.69 Å². The van der Waals surface area contributed by atoms with E-state index in [9.17, 15) is 4.79 Å². The maximum atomic E-state index is 12.3. The average molecular weight is 608 g/mol. The van der Waals surface area contributed by atoms with Gasteiger partial charge in [-0.05, 0) is 83.0 Å². The Morgan fingerprint density at radius 1 is 1.07 bits per heavy atom. The molecule has 8 heteroatoms. The summed E-state index contributed by atoms with van der Waals surface area (Å²) in [6.45, 7) is 7.95. The molecule has 3 aromatic carbocycles. The summed E-state index contributed by atoms with van der Waals surface area (Å²) in [4.78, 5) is 14.2. The van der Waals surface area contributed by atoms with Crippen molar-refractivity contribution >= 4 is 23.1 Å². The zero-order valence-electron chi connectivity index (χ0n) is 25.3. The van der Waals surface area contributed by atoms with Crippen LogP contribution in [0.15, 0.2) is 110 Å². The van der Waals surface area contributed by atoms with Crippen LogP contribution in [0.25, 0.3) is 11.3 Å². The number of amides is 1. The molecule has 0 aliphatic carbocycles. The number of carbonyl (C=O) groups excluding carboxylic acids is 1. The Hall–Kier alpha value is -4.33. The first-order valence-corrected chi connectivity index (χ1v) is 15.3. The zero-order chi connectivity index (χ0) is 30.9. The van der Waals surface area contributed by atoms with Gasteiger partial charge in [-0.3, -0.25) is 4.79 Å². The van der Waals surface area contributed by atoms with Crippen LogP contribution >= 0.6 is 11.6 Å². The van der Waals surface area contributed by atoms with Gasteiger partial charge < -0.3 is 9.64 Å². The van der Waals surface area contributed by atoms with Gasteiger partial charge in [0.25, 0.3) is 0 Å². The number of methoxy groups -OCH3 is 1. The lowest BCUT2D eigenvalue weighted by Gasteiger charge is -2.32. The third-order valence-corrected chi connectivity index (χ3v) is 8.58. The van der Waals surface area contributed by atoms with Crippen molar-refractivity contribution < 1.29 is 9.53 Å². The minimum absolute atomic E-state index is 0.0678. The van der Waals surface area contributed by atoms with E-state index >= 15 is 0 Å². The third kappa shape index (κ3) is 7.59. The molecule has 1 saturated heterocycles. The summed E-state index contributed by atoms with van der Waals surface area (Å²) in [5.74, 6) is 0.655. The van der Waals surface area contributed by atoms with E-state index in [0.29, 0.717) is 10.9 Å². The van der Waals surface area contributed by atoms with Crippen LogP contribution in [0.4, 0.5) is 0 Å². The molecule has 1 fully saturated rings. The number of likely N-dealkylation sites (tertiary alicyclic amines) is 1. The fourth-order valence-electron chi connectivity index (χ4n) is 5.91. The summed E-state index contributed by atoms with van der Waals surface area (Å²) in [6.07, 6.45) is 10.5. The van der Waals surface area contributed by atoms with E-state index in [0.717, 1.165) is 49.2 Å². The van der Waals surface area contributed by atoms with Gasteiger partial charge in [0, 0.05) is 36.7 Å². The molecule has 226 valence electrons. The number of piperidine rings is 1. The molecule has 0 N–H and O–H groups in total. The molecule has 1 aliphatic heterocycles. The molecule has 0 saturated carbocycles. The summed E-state index contributed by atoms with van der Waals surface area (Å²) in [5, 5.41) is 12.3. The molecule has 0 radical (unpaired) electrons. The van der Waals surface area contributed by atoms with E-state index in [2.05, 4.69) is 95.8 Å². The van der Waals surface area contributed by atoms with Crippen molar-refractivity contribution in [2.24, 2.45) is 0 Å². The number of aromatic nitrogens is 4. The van der Waals surface area contributed by atoms with E-state index < -0.39 is 0 Å². The Morgan fingerprint density at radius 2 is 1.86 bits per heavy atom. The molecule has 4 aromatic rings. The molecule has 1 aromatic heterocycles. The summed E-state index contributed by atoms with van der Waals surface area (Å²) in [7, 11) is 1.57. The van der Waals surface area contributed by atoms with Crippen LogP contribution in [0, 0.1) is 0 Å². The third-order valence-electron chi connectivity index (χ3n) is 8.34. The second kappa shape index (κ2) is 14.9. The second-order valence-corrected chi connectivity index (χ2v) is 11.6. The number of ether oxygens (including phenoxy) is 1. The predicted molar refractivity (Wildman–Crippen MR) is 176 cm³/mol. The fourth-order valence-corrected chi connectivity index (χ4v) is 6.09. The van der Waals surface area contributed by atoms with Gasteiger partial charge in [-0.1, -0.05) is 96.6 Å². The molecular formula is C36H38ClN5O2. The van der Waals surface area contributed by atoms with E-state index in [1.54, 1.807) is 18.1 Å². The van der Waals surface area contributed by atoms with Crippen molar-refractivity contribution in [1.29, 1.82) is 0 Å². The molecule has 0 bridgehead atoms. The van der Waals surface area contributed by atoms with Gasteiger partial charge in [0.2, 0.25) is 5.91 Å². The summed E-state index contributed by atoms with van der Waals surface area (Å²) in [6, 6.07) is 25.3. The highest BCUT2D eigenvalue weighted by Gasteiger charge is 2.24. The Kier molecular flexibility index (Phi) is 10.5. The van der Waals surface area contributed by atoms with Gasteiger partial charge in [-0.25, -0.2) is 0 Å². The van der Waals surface area contributed by atoms with Crippen LogP contribution in [0.1, 0.15) is 53.9 Å². The van der Waals surface area contributed by atoms with Crippen molar-refractivity contribution in [2.75, 3.05) is 26.8 Å². The lowest BCUT2D eigenvalue weighted by molar-refractivity contribution is -0.136. The number of carbonyl (C=O) groups is 1. The van der Waals surface area contributed by atoms with Gasteiger partial charge in [0.1, 0.15) is 12.9 Å². The Bertz CT molecular complexity index is 1620. The Balaban J connectivity index is 1.45. The van der Waals surface area contributed by atoms with Crippen molar-refractivity contribution in [3.05, 3.63) is 137 Å². The molecule has 5 rings (SSSR count). The van der Waals surface area contributed by atoms with Gasteiger partial charge in [0.15, 0.2) is 0 Å². The minimum atomic E-state index is 0.0678. The summed E-state index contributed by atoms with van der Waals surface area (Å²) < 4.78 is 6.68. The normalized spacial score (nSPS) is 15.3. The molecule has 1 aliphatic rings. The second-order valence-electron chi connectivity index (χ2n) is 11.2. The highest BCUT2D eigenvalue weighted by atomic mass is 35.5. The van der Waals surface area contributed by atoms with Crippen molar-refractivity contribution in [3.63, 3.8) is 0 Å². The van der Waals surface area contributed by atoms with Crippen LogP contribution in [-0.4, -0.2) is 57.8 Å². The SMILES string of the molecule is C=C/C(=C\C=C(/C)[C@@H](Cc1ccccc1)c1cccc(C2CCN(C(=O)COC)CC2)c1)c1cc(Cl)ccc1-n1cnnn1. The van der Waals surface area contributed by atoms with Crippen LogP contribution in [-0.2, 0) is 16.0 Å². The number of halogens is 1. The monoisotopic (exact) mass is 607 g/mol. The lowest BCUT2D eigenvalue weighted by atomic mass is 9.82. The maximum absolute atomic E-state index is 12.3.